The summed E-state index contributed by atoms with van der Waals surface area (Å²) in [7, 11) is 1.53. The number of benzene rings is 1. The summed E-state index contributed by atoms with van der Waals surface area (Å²) < 4.78 is 10.3. The average molecular weight is 288 g/mol. The van der Waals surface area contributed by atoms with Gasteiger partial charge in [0.25, 0.3) is 0 Å². The summed E-state index contributed by atoms with van der Waals surface area (Å²) in [4.78, 5) is 0. The molecule has 0 heterocycles. The fourth-order valence-electron chi connectivity index (χ4n) is 1.52. The first kappa shape index (κ1) is 16.2. The second kappa shape index (κ2) is 8.38. The molecule has 2 N–H and O–H groups in total. The number of rotatable bonds is 8. The Bertz CT molecular complexity index is 385. The van der Waals surface area contributed by atoms with Gasteiger partial charge in [0.1, 0.15) is 18.5 Å². The summed E-state index contributed by atoms with van der Waals surface area (Å²) in [5, 5.41) is 13.4. The Hall–Kier alpha value is -0.810. The molecule has 19 heavy (non-hydrogen) atoms. The molecule has 5 heteroatoms. The van der Waals surface area contributed by atoms with Crippen LogP contribution in [0.2, 0.25) is 5.02 Å². The molecule has 4 nitrogen and oxygen atoms in total. The van der Waals surface area contributed by atoms with Crippen molar-refractivity contribution >= 4 is 11.6 Å². The van der Waals surface area contributed by atoms with Gasteiger partial charge < -0.3 is 19.9 Å². The van der Waals surface area contributed by atoms with E-state index in [0.29, 0.717) is 16.8 Å². The second-order valence-corrected chi connectivity index (χ2v) is 5.13. The maximum atomic E-state index is 9.50. The van der Waals surface area contributed by atoms with Crippen molar-refractivity contribution in [2.75, 3.05) is 20.3 Å². The molecule has 0 saturated heterocycles. The third-order valence-corrected chi connectivity index (χ3v) is 2.80. The highest BCUT2D eigenvalue weighted by Crippen LogP contribution is 2.25. The second-order valence-electron chi connectivity index (χ2n) is 4.72. The van der Waals surface area contributed by atoms with E-state index in [2.05, 4.69) is 19.2 Å². The maximum Gasteiger partial charge on any atom is 0.138 e. The lowest BCUT2D eigenvalue weighted by Gasteiger charge is -2.14. The Morgan fingerprint density at radius 1 is 1.32 bits per heavy atom. The number of halogens is 1. The lowest BCUT2D eigenvalue weighted by atomic mass is 10.2. The van der Waals surface area contributed by atoms with Gasteiger partial charge in [0.2, 0.25) is 0 Å². The number of nitrogens with one attached hydrogen (secondary N) is 1. The minimum Gasteiger partial charge on any atom is -0.489 e. The lowest BCUT2D eigenvalue weighted by Crippen LogP contribution is -2.23. The number of methoxy groups -OCH3 is 1. The van der Waals surface area contributed by atoms with Crippen LogP contribution >= 0.6 is 11.6 Å². The third-order valence-electron chi connectivity index (χ3n) is 2.50. The number of hydrogen-bond acceptors (Lipinski definition) is 4. The van der Waals surface area contributed by atoms with Gasteiger partial charge in [0.05, 0.1) is 11.6 Å². The third kappa shape index (κ3) is 6.25. The van der Waals surface area contributed by atoms with Crippen molar-refractivity contribution < 1.29 is 14.6 Å². The van der Waals surface area contributed by atoms with E-state index < -0.39 is 6.10 Å². The topological polar surface area (TPSA) is 50.7 Å². The molecule has 0 aliphatic carbocycles. The van der Waals surface area contributed by atoms with Gasteiger partial charge in [0, 0.05) is 19.7 Å². The standard InChI is InChI=1S/C14H22ClNO3/c1-10(2)16-7-11-4-5-14(13(15)6-11)19-9-12(17)8-18-3/h4-6,10,12,16-17H,7-9H2,1-3H3. The van der Waals surface area contributed by atoms with Crippen LogP contribution in [-0.4, -0.2) is 37.6 Å². The maximum absolute atomic E-state index is 9.50. The van der Waals surface area contributed by atoms with Gasteiger partial charge in [-0.3, -0.25) is 0 Å². The Labute approximate surface area is 119 Å². The van der Waals surface area contributed by atoms with Crippen molar-refractivity contribution in [3.8, 4) is 5.75 Å². The summed E-state index contributed by atoms with van der Waals surface area (Å²) >= 11 is 6.14. The molecule has 108 valence electrons. The van der Waals surface area contributed by atoms with Gasteiger partial charge in [-0.25, -0.2) is 0 Å². The lowest BCUT2D eigenvalue weighted by molar-refractivity contribution is 0.0326. The Kier molecular flexibility index (Phi) is 7.16. The molecule has 0 radical (unpaired) electrons. The summed E-state index contributed by atoms with van der Waals surface area (Å²) in [6, 6.07) is 6.08. The van der Waals surface area contributed by atoms with Crippen LogP contribution in [0.15, 0.2) is 18.2 Å². The molecule has 0 aromatic heterocycles. The molecule has 1 atom stereocenters. The van der Waals surface area contributed by atoms with Gasteiger partial charge in [-0.15, -0.1) is 0 Å². The van der Waals surface area contributed by atoms with Crippen molar-refractivity contribution in [2.24, 2.45) is 0 Å². The zero-order valence-corrected chi connectivity index (χ0v) is 12.4. The average Bonchev–Trinajstić information content (AvgIpc) is 2.35. The largest absolute Gasteiger partial charge is 0.489 e. The number of aliphatic hydroxyl groups is 1. The predicted octanol–water partition coefficient (Wildman–Crippen LogP) is 2.22. The summed E-state index contributed by atoms with van der Waals surface area (Å²) in [6.45, 7) is 5.36. The number of hydrogen-bond donors (Lipinski definition) is 2. The molecular formula is C14H22ClNO3. The van der Waals surface area contributed by atoms with Crippen molar-refractivity contribution in [1.82, 2.24) is 5.32 Å². The first-order valence-electron chi connectivity index (χ1n) is 6.34. The highest BCUT2D eigenvalue weighted by molar-refractivity contribution is 6.32. The van der Waals surface area contributed by atoms with Crippen LogP contribution in [0.4, 0.5) is 0 Å². The molecule has 0 bridgehead atoms. The van der Waals surface area contributed by atoms with E-state index in [-0.39, 0.29) is 13.2 Å². The Morgan fingerprint density at radius 3 is 2.63 bits per heavy atom. The molecule has 1 aromatic carbocycles. The monoisotopic (exact) mass is 287 g/mol. The van der Waals surface area contributed by atoms with E-state index in [4.69, 9.17) is 21.1 Å². The van der Waals surface area contributed by atoms with Gasteiger partial charge in [-0.05, 0) is 17.7 Å². The minimum absolute atomic E-state index is 0.164. The summed E-state index contributed by atoms with van der Waals surface area (Å²) in [5.41, 5.74) is 1.10. The SMILES string of the molecule is COCC(O)COc1ccc(CNC(C)C)cc1Cl. The molecule has 0 saturated carbocycles. The van der Waals surface area contributed by atoms with E-state index >= 15 is 0 Å². The van der Waals surface area contributed by atoms with E-state index in [1.54, 1.807) is 0 Å². The van der Waals surface area contributed by atoms with Crippen LogP contribution in [0.1, 0.15) is 19.4 Å². The fourth-order valence-corrected chi connectivity index (χ4v) is 1.78. The summed E-state index contributed by atoms with van der Waals surface area (Å²) in [5.74, 6) is 0.574. The fraction of sp³-hybridized carbons (Fsp3) is 0.571. The predicted molar refractivity (Wildman–Crippen MR) is 76.8 cm³/mol. The molecule has 1 rings (SSSR count). The van der Waals surface area contributed by atoms with Gasteiger partial charge in [-0.2, -0.15) is 0 Å². The van der Waals surface area contributed by atoms with Crippen LogP contribution in [0.3, 0.4) is 0 Å². The van der Waals surface area contributed by atoms with Crippen LogP contribution < -0.4 is 10.1 Å². The zero-order chi connectivity index (χ0) is 14.3. The molecule has 1 unspecified atom stereocenters. The Balaban J connectivity index is 2.52. The molecule has 0 aliphatic heterocycles. The number of aliphatic hydroxyl groups excluding tert-OH is 1. The van der Waals surface area contributed by atoms with Gasteiger partial charge >= 0.3 is 0 Å². The van der Waals surface area contributed by atoms with Gasteiger partial charge in [0.15, 0.2) is 0 Å². The highest BCUT2D eigenvalue weighted by Gasteiger charge is 2.08. The molecular weight excluding hydrogens is 266 g/mol. The zero-order valence-electron chi connectivity index (χ0n) is 11.6. The molecule has 1 aromatic rings. The van der Waals surface area contributed by atoms with Crippen molar-refractivity contribution in [2.45, 2.75) is 32.5 Å². The molecule has 0 spiro atoms. The van der Waals surface area contributed by atoms with E-state index in [0.717, 1.165) is 12.1 Å². The number of ether oxygens (including phenoxy) is 2. The Morgan fingerprint density at radius 2 is 2.05 bits per heavy atom. The molecule has 0 amide bonds. The van der Waals surface area contributed by atoms with Crippen molar-refractivity contribution in [3.05, 3.63) is 28.8 Å². The van der Waals surface area contributed by atoms with E-state index in [9.17, 15) is 5.11 Å². The van der Waals surface area contributed by atoms with Crippen LogP contribution in [0.25, 0.3) is 0 Å². The first-order valence-corrected chi connectivity index (χ1v) is 6.72. The normalized spacial score (nSPS) is 12.7. The van der Waals surface area contributed by atoms with Crippen molar-refractivity contribution in [1.29, 1.82) is 0 Å². The van der Waals surface area contributed by atoms with Crippen LogP contribution in [-0.2, 0) is 11.3 Å². The molecule has 0 aliphatic rings. The quantitative estimate of drug-likeness (QED) is 0.770. The van der Waals surface area contributed by atoms with E-state index in [1.165, 1.54) is 7.11 Å². The minimum atomic E-state index is -0.650. The van der Waals surface area contributed by atoms with Crippen LogP contribution in [0, 0.1) is 0 Å². The van der Waals surface area contributed by atoms with Gasteiger partial charge in [-0.1, -0.05) is 31.5 Å². The highest BCUT2D eigenvalue weighted by atomic mass is 35.5. The van der Waals surface area contributed by atoms with E-state index in [1.807, 2.05) is 18.2 Å². The smallest absolute Gasteiger partial charge is 0.138 e. The molecule has 0 fully saturated rings. The summed E-state index contributed by atoms with van der Waals surface area (Å²) in [6.07, 6.45) is -0.650. The van der Waals surface area contributed by atoms with Crippen LogP contribution in [0.5, 0.6) is 5.75 Å². The first-order chi connectivity index (χ1) is 9.02. The van der Waals surface area contributed by atoms with Crippen molar-refractivity contribution in [3.63, 3.8) is 0 Å².